The highest BCUT2D eigenvalue weighted by Gasteiger charge is 2.09. The van der Waals surface area contributed by atoms with Crippen LogP contribution in [0.15, 0.2) is 12.1 Å². The van der Waals surface area contributed by atoms with Crippen LogP contribution in [0, 0.1) is 0 Å². The molecule has 0 unspecified atom stereocenters. The van der Waals surface area contributed by atoms with Crippen LogP contribution < -0.4 is 0 Å². The molecule has 0 saturated heterocycles. The minimum Gasteiger partial charge on any atom is -0.504 e. The Kier molecular flexibility index (Phi) is 27.6. The molecular formula is C40H74O2. The number of unbranched alkanes of at least 4 members (excludes halogenated alkanes) is 28. The molecule has 42 heavy (non-hydrogen) atoms. The van der Waals surface area contributed by atoms with Gasteiger partial charge >= 0.3 is 0 Å². The molecule has 1 aromatic carbocycles. The smallest absolute Gasteiger partial charge is 0.160 e. The molecule has 0 radical (unpaired) electrons. The average molecular weight is 587 g/mol. The third kappa shape index (κ3) is 23.3. The Bertz CT molecular complexity index is 697. The molecule has 0 saturated carbocycles. The molecule has 0 fully saturated rings. The van der Waals surface area contributed by atoms with E-state index in [0.717, 1.165) is 24.8 Å². The van der Waals surface area contributed by atoms with Gasteiger partial charge in [-0.15, -0.1) is 0 Å². The van der Waals surface area contributed by atoms with E-state index in [-0.39, 0.29) is 11.5 Å². The van der Waals surface area contributed by atoms with E-state index < -0.39 is 0 Å². The fourth-order valence-corrected chi connectivity index (χ4v) is 6.46. The zero-order valence-electron chi connectivity index (χ0n) is 28.7. The Morgan fingerprint density at radius 3 is 0.976 bits per heavy atom. The average Bonchev–Trinajstić information content (AvgIpc) is 2.99. The first-order chi connectivity index (χ1) is 20.7. The Labute approximate surface area is 263 Å². The van der Waals surface area contributed by atoms with Crippen molar-refractivity contribution in [1.82, 2.24) is 0 Å². The third-order valence-electron chi connectivity index (χ3n) is 9.35. The van der Waals surface area contributed by atoms with Crippen LogP contribution in [-0.4, -0.2) is 10.2 Å². The van der Waals surface area contributed by atoms with E-state index in [1.165, 1.54) is 192 Å². The summed E-state index contributed by atoms with van der Waals surface area (Å²) < 4.78 is 0. The summed E-state index contributed by atoms with van der Waals surface area (Å²) in [6, 6.07) is 3.94. The van der Waals surface area contributed by atoms with Crippen molar-refractivity contribution in [3.05, 3.63) is 23.3 Å². The molecule has 246 valence electrons. The van der Waals surface area contributed by atoms with Gasteiger partial charge in [-0.3, -0.25) is 0 Å². The predicted octanol–water partition coefficient (Wildman–Crippen LogP) is 13.9. The summed E-state index contributed by atoms with van der Waals surface area (Å²) in [5.74, 6) is 0.185. The van der Waals surface area contributed by atoms with E-state index >= 15 is 0 Å². The second-order valence-corrected chi connectivity index (χ2v) is 13.5. The van der Waals surface area contributed by atoms with E-state index in [4.69, 9.17) is 0 Å². The SMILES string of the molecule is CCCCCCCCCCCCCCCCCc1cc(O)c(O)c(CCCCCCCCCCCCCCCCC)c1. The van der Waals surface area contributed by atoms with Crippen LogP contribution in [0.25, 0.3) is 0 Å². The Balaban J connectivity index is 2.00. The summed E-state index contributed by atoms with van der Waals surface area (Å²) in [5, 5.41) is 20.7. The maximum Gasteiger partial charge on any atom is 0.160 e. The van der Waals surface area contributed by atoms with Gasteiger partial charge in [-0.05, 0) is 42.9 Å². The van der Waals surface area contributed by atoms with Gasteiger partial charge in [-0.25, -0.2) is 0 Å². The zero-order chi connectivity index (χ0) is 30.4. The number of hydrogen-bond donors (Lipinski definition) is 2. The number of phenolic OH excluding ortho intramolecular Hbond substituents is 2. The molecule has 0 aliphatic rings. The van der Waals surface area contributed by atoms with Crippen LogP contribution in [0.2, 0.25) is 0 Å². The quantitative estimate of drug-likeness (QED) is 0.0651. The van der Waals surface area contributed by atoms with Gasteiger partial charge in [0.1, 0.15) is 0 Å². The minimum absolute atomic E-state index is 0.0735. The highest BCUT2D eigenvalue weighted by atomic mass is 16.3. The van der Waals surface area contributed by atoms with E-state index in [2.05, 4.69) is 19.9 Å². The van der Waals surface area contributed by atoms with Gasteiger partial charge in [-0.1, -0.05) is 200 Å². The predicted molar refractivity (Wildman–Crippen MR) is 187 cm³/mol. The molecule has 0 spiro atoms. The van der Waals surface area contributed by atoms with Crippen molar-refractivity contribution in [2.24, 2.45) is 0 Å². The van der Waals surface area contributed by atoms with Gasteiger partial charge in [0, 0.05) is 0 Å². The van der Waals surface area contributed by atoms with Gasteiger partial charge in [0.25, 0.3) is 0 Å². The normalized spacial score (nSPS) is 11.5. The Morgan fingerprint density at radius 2 is 0.643 bits per heavy atom. The van der Waals surface area contributed by atoms with Crippen molar-refractivity contribution in [2.45, 2.75) is 219 Å². The lowest BCUT2D eigenvalue weighted by atomic mass is 9.98. The van der Waals surface area contributed by atoms with Crippen LogP contribution in [0.4, 0.5) is 0 Å². The summed E-state index contributed by atoms with van der Waals surface area (Å²) >= 11 is 0. The molecule has 0 aliphatic heterocycles. The lowest BCUT2D eigenvalue weighted by molar-refractivity contribution is 0.397. The lowest BCUT2D eigenvalue weighted by Gasteiger charge is -2.10. The number of rotatable bonds is 32. The topological polar surface area (TPSA) is 40.5 Å². The second-order valence-electron chi connectivity index (χ2n) is 13.5. The van der Waals surface area contributed by atoms with Gasteiger partial charge in [0.15, 0.2) is 11.5 Å². The third-order valence-corrected chi connectivity index (χ3v) is 9.35. The highest BCUT2D eigenvalue weighted by Crippen LogP contribution is 2.32. The monoisotopic (exact) mass is 587 g/mol. The van der Waals surface area contributed by atoms with Gasteiger partial charge < -0.3 is 10.2 Å². The molecule has 0 aromatic heterocycles. The highest BCUT2D eigenvalue weighted by molar-refractivity contribution is 5.47. The molecule has 2 nitrogen and oxygen atoms in total. The van der Waals surface area contributed by atoms with Crippen molar-refractivity contribution >= 4 is 0 Å². The molecule has 0 atom stereocenters. The summed E-state index contributed by atoms with van der Waals surface area (Å²) in [4.78, 5) is 0. The number of aromatic hydroxyl groups is 2. The van der Waals surface area contributed by atoms with Gasteiger partial charge in [0.05, 0.1) is 0 Å². The fourth-order valence-electron chi connectivity index (χ4n) is 6.46. The Hall–Kier alpha value is -1.18. The van der Waals surface area contributed by atoms with Crippen LogP contribution in [0.3, 0.4) is 0 Å². The van der Waals surface area contributed by atoms with Gasteiger partial charge in [-0.2, -0.15) is 0 Å². The van der Waals surface area contributed by atoms with Gasteiger partial charge in [0.2, 0.25) is 0 Å². The first-order valence-corrected chi connectivity index (χ1v) is 19.2. The zero-order valence-corrected chi connectivity index (χ0v) is 28.7. The molecule has 0 heterocycles. The van der Waals surface area contributed by atoms with Crippen molar-refractivity contribution in [1.29, 1.82) is 0 Å². The molecule has 2 N–H and O–H groups in total. The van der Waals surface area contributed by atoms with Crippen LogP contribution in [-0.2, 0) is 12.8 Å². The molecule has 1 aromatic rings. The van der Waals surface area contributed by atoms with E-state index in [0.29, 0.717) is 0 Å². The van der Waals surface area contributed by atoms with E-state index in [1.807, 2.05) is 0 Å². The largest absolute Gasteiger partial charge is 0.504 e. The van der Waals surface area contributed by atoms with Crippen molar-refractivity contribution in [3.63, 3.8) is 0 Å². The van der Waals surface area contributed by atoms with Crippen molar-refractivity contribution in [3.8, 4) is 11.5 Å². The summed E-state index contributed by atoms with van der Waals surface area (Å²) in [5.41, 5.74) is 2.14. The summed E-state index contributed by atoms with van der Waals surface area (Å²) in [7, 11) is 0. The summed E-state index contributed by atoms with van der Waals surface area (Å²) in [6.45, 7) is 4.58. The number of hydrogen-bond acceptors (Lipinski definition) is 2. The maximum atomic E-state index is 10.4. The molecule has 0 bridgehead atoms. The standard InChI is InChI=1S/C40H74O2/c1-3-5-7-9-11-13-15-17-19-21-23-25-27-29-31-33-37-35-38(40(42)39(41)36-37)34-32-30-28-26-24-22-20-18-16-14-12-10-8-6-4-2/h35-36,41-42H,3-34H2,1-2H3. The number of aryl methyl sites for hydroxylation is 2. The maximum absolute atomic E-state index is 10.4. The molecular weight excluding hydrogens is 512 g/mol. The lowest BCUT2D eigenvalue weighted by Crippen LogP contribution is -1.93. The van der Waals surface area contributed by atoms with Crippen LogP contribution in [0.5, 0.6) is 11.5 Å². The molecule has 0 aliphatic carbocycles. The van der Waals surface area contributed by atoms with E-state index in [1.54, 1.807) is 6.07 Å². The Morgan fingerprint density at radius 1 is 0.357 bits per heavy atom. The van der Waals surface area contributed by atoms with Crippen LogP contribution in [0.1, 0.15) is 218 Å². The number of benzene rings is 1. The van der Waals surface area contributed by atoms with Crippen molar-refractivity contribution in [2.75, 3.05) is 0 Å². The summed E-state index contributed by atoms with van der Waals surface area (Å²) in [6.07, 6.45) is 43.2. The molecule has 1 rings (SSSR count). The first-order valence-electron chi connectivity index (χ1n) is 19.2. The molecule has 0 amide bonds. The minimum atomic E-state index is 0.0735. The number of phenols is 2. The van der Waals surface area contributed by atoms with Crippen LogP contribution >= 0.6 is 0 Å². The van der Waals surface area contributed by atoms with E-state index in [9.17, 15) is 10.2 Å². The van der Waals surface area contributed by atoms with Crippen molar-refractivity contribution < 1.29 is 10.2 Å². The first kappa shape index (κ1) is 38.8. The molecule has 2 heteroatoms. The fraction of sp³-hybridized carbons (Fsp3) is 0.850. The second kappa shape index (κ2) is 29.9.